The van der Waals surface area contributed by atoms with Crippen LogP contribution in [0.15, 0.2) is 72.8 Å². The maximum atomic E-state index is 12.5. The van der Waals surface area contributed by atoms with E-state index in [0.29, 0.717) is 17.7 Å². The molecule has 0 aromatic heterocycles. The van der Waals surface area contributed by atoms with Crippen molar-refractivity contribution in [2.45, 2.75) is 13.5 Å². The number of amides is 2. The van der Waals surface area contributed by atoms with Crippen LogP contribution in [0.4, 0.5) is 5.69 Å². The molecule has 2 N–H and O–H groups in total. The molecule has 142 valence electrons. The Bertz CT molecular complexity index is 981. The van der Waals surface area contributed by atoms with E-state index in [2.05, 4.69) is 10.6 Å². The van der Waals surface area contributed by atoms with E-state index in [1.54, 1.807) is 31.4 Å². The lowest BCUT2D eigenvalue weighted by Gasteiger charge is -2.09. The SMILES string of the molecule is COc1ccc(CNC(=O)c2cccc(C(=O)Nc3cccc(C)c3)c2)cc1. The Morgan fingerprint density at radius 2 is 1.54 bits per heavy atom. The summed E-state index contributed by atoms with van der Waals surface area (Å²) in [6, 6.07) is 21.7. The fourth-order valence-corrected chi connectivity index (χ4v) is 2.76. The second kappa shape index (κ2) is 8.86. The lowest BCUT2D eigenvalue weighted by Crippen LogP contribution is -2.23. The van der Waals surface area contributed by atoms with Crippen LogP contribution < -0.4 is 15.4 Å². The summed E-state index contributed by atoms with van der Waals surface area (Å²) in [5, 5.41) is 5.72. The van der Waals surface area contributed by atoms with E-state index in [0.717, 1.165) is 22.6 Å². The molecule has 0 unspecified atom stereocenters. The predicted molar refractivity (Wildman–Crippen MR) is 110 cm³/mol. The molecule has 0 atom stereocenters. The minimum Gasteiger partial charge on any atom is -0.497 e. The van der Waals surface area contributed by atoms with Crippen molar-refractivity contribution in [3.63, 3.8) is 0 Å². The molecule has 3 rings (SSSR count). The summed E-state index contributed by atoms with van der Waals surface area (Å²) in [7, 11) is 1.61. The molecule has 2 amide bonds. The van der Waals surface area contributed by atoms with Gasteiger partial charge in [0.25, 0.3) is 11.8 Å². The van der Waals surface area contributed by atoms with Gasteiger partial charge < -0.3 is 15.4 Å². The molecule has 0 spiro atoms. The fraction of sp³-hybridized carbons (Fsp3) is 0.130. The van der Waals surface area contributed by atoms with Crippen LogP contribution in [0.5, 0.6) is 5.75 Å². The summed E-state index contributed by atoms with van der Waals surface area (Å²) in [6.07, 6.45) is 0. The van der Waals surface area contributed by atoms with Gasteiger partial charge in [-0.3, -0.25) is 9.59 Å². The van der Waals surface area contributed by atoms with Crippen LogP contribution in [0, 0.1) is 6.92 Å². The Hall–Kier alpha value is -3.60. The van der Waals surface area contributed by atoms with E-state index in [4.69, 9.17) is 4.74 Å². The fourth-order valence-electron chi connectivity index (χ4n) is 2.76. The minimum atomic E-state index is -0.254. The molecule has 0 saturated carbocycles. The van der Waals surface area contributed by atoms with Gasteiger partial charge in [-0.1, -0.05) is 30.3 Å². The smallest absolute Gasteiger partial charge is 0.255 e. The molecule has 3 aromatic rings. The van der Waals surface area contributed by atoms with Crippen LogP contribution in [0.25, 0.3) is 0 Å². The Balaban J connectivity index is 1.64. The van der Waals surface area contributed by atoms with E-state index < -0.39 is 0 Å². The van der Waals surface area contributed by atoms with Gasteiger partial charge in [-0.15, -0.1) is 0 Å². The van der Waals surface area contributed by atoms with Crippen LogP contribution >= 0.6 is 0 Å². The number of carbonyl (C=O) groups excluding carboxylic acids is 2. The molecule has 5 nitrogen and oxygen atoms in total. The molecule has 0 saturated heterocycles. The molecule has 3 aromatic carbocycles. The topological polar surface area (TPSA) is 67.4 Å². The quantitative estimate of drug-likeness (QED) is 0.680. The van der Waals surface area contributed by atoms with Gasteiger partial charge in [0.15, 0.2) is 0 Å². The first kappa shape index (κ1) is 19.2. The second-order valence-corrected chi connectivity index (χ2v) is 6.44. The number of anilines is 1. The van der Waals surface area contributed by atoms with Crippen molar-refractivity contribution >= 4 is 17.5 Å². The third kappa shape index (κ3) is 4.98. The summed E-state index contributed by atoms with van der Waals surface area (Å²) < 4.78 is 5.12. The molecule has 0 heterocycles. The van der Waals surface area contributed by atoms with E-state index in [9.17, 15) is 9.59 Å². The van der Waals surface area contributed by atoms with Crippen molar-refractivity contribution in [1.29, 1.82) is 0 Å². The lowest BCUT2D eigenvalue weighted by atomic mass is 10.1. The van der Waals surface area contributed by atoms with E-state index in [1.165, 1.54) is 0 Å². The zero-order chi connectivity index (χ0) is 19.9. The highest BCUT2D eigenvalue weighted by atomic mass is 16.5. The number of nitrogens with one attached hydrogen (secondary N) is 2. The Morgan fingerprint density at radius 1 is 0.857 bits per heavy atom. The highest BCUT2D eigenvalue weighted by molar-refractivity contribution is 6.06. The molecular formula is C23H22N2O3. The normalized spacial score (nSPS) is 10.2. The third-order valence-corrected chi connectivity index (χ3v) is 4.28. The number of carbonyl (C=O) groups is 2. The highest BCUT2D eigenvalue weighted by Crippen LogP contribution is 2.14. The van der Waals surface area contributed by atoms with E-state index in [1.807, 2.05) is 55.5 Å². The van der Waals surface area contributed by atoms with Crippen LogP contribution in [0.1, 0.15) is 31.8 Å². The number of rotatable bonds is 6. The average molecular weight is 374 g/mol. The molecular weight excluding hydrogens is 352 g/mol. The van der Waals surface area contributed by atoms with Crippen molar-refractivity contribution in [1.82, 2.24) is 5.32 Å². The molecule has 28 heavy (non-hydrogen) atoms. The first-order valence-corrected chi connectivity index (χ1v) is 8.94. The summed E-state index contributed by atoms with van der Waals surface area (Å²) in [4.78, 5) is 24.9. The molecule has 0 radical (unpaired) electrons. The second-order valence-electron chi connectivity index (χ2n) is 6.44. The number of hydrogen-bond acceptors (Lipinski definition) is 3. The Morgan fingerprint density at radius 3 is 2.21 bits per heavy atom. The van der Waals surface area contributed by atoms with E-state index >= 15 is 0 Å². The molecule has 0 aliphatic carbocycles. The van der Waals surface area contributed by atoms with Gasteiger partial charge in [0.05, 0.1) is 7.11 Å². The summed E-state index contributed by atoms with van der Waals surface area (Å²) in [5.41, 5.74) is 3.61. The summed E-state index contributed by atoms with van der Waals surface area (Å²) in [5.74, 6) is 0.277. The summed E-state index contributed by atoms with van der Waals surface area (Å²) >= 11 is 0. The van der Waals surface area contributed by atoms with Crippen molar-refractivity contribution in [3.05, 3.63) is 95.1 Å². The van der Waals surface area contributed by atoms with Gasteiger partial charge in [0.1, 0.15) is 5.75 Å². The highest BCUT2D eigenvalue weighted by Gasteiger charge is 2.11. The van der Waals surface area contributed by atoms with Crippen molar-refractivity contribution in [2.75, 3.05) is 12.4 Å². The average Bonchev–Trinajstić information content (AvgIpc) is 2.72. The predicted octanol–water partition coefficient (Wildman–Crippen LogP) is 4.19. The van der Waals surface area contributed by atoms with Crippen LogP contribution in [-0.4, -0.2) is 18.9 Å². The zero-order valence-corrected chi connectivity index (χ0v) is 15.9. The first-order valence-electron chi connectivity index (χ1n) is 8.94. The van der Waals surface area contributed by atoms with Crippen molar-refractivity contribution < 1.29 is 14.3 Å². The third-order valence-electron chi connectivity index (χ3n) is 4.28. The maximum absolute atomic E-state index is 12.5. The minimum absolute atomic E-state index is 0.235. The Labute approximate surface area is 164 Å². The first-order chi connectivity index (χ1) is 13.5. The number of hydrogen-bond donors (Lipinski definition) is 2. The van der Waals surface area contributed by atoms with Gasteiger partial charge in [0.2, 0.25) is 0 Å². The molecule has 5 heteroatoms. The molecule has 0 aliphatic heterocycles. The molecule has 0 bridgehead atoms. The standard InChI is InChI=1S/C23H22N2O3/c1-16-5-3-8-20(13-16)25-23(27)19-7-4-6-18(14-19)22(26)24-15-17-9-11-21(28-2)12-10-17/h3-14H,15H2,1-2H3,(H,24,26)(H,25,27). The number of benzene rings is 3. The molecule has 0 fully saturated rings. The van der Waals surface area contributed by atoms with Crippen LogP contribution in [0.2, 0.25) is 0 Å². The van der Waals surface area contributed by atoms with Gasteiger partial charge in [-0.2, -0.15) is 0 Å². The van der Waals surface area contributed by atoms with E-state index in [-0.39, 0.29) is 11.8 Å². The number of ether oxygens (including phenoxy) is 1. The van der Waals surface area contributed by atoms with Crippen LogP contribution in [0.3, 0.4) is 0 Å². The Kier molecular flexibility index (Phi) is 6.07. The van der Waals surface area contributed by atoms with Gasteiger partial charge in [-0.05, 0) is 60.5 Å². The molecule has 0 aliphatic rings. The van der Waals surface area contributed by atoms with Crippen molar-refractivity contribution in [3.8, 4) is 5.75 Å². The van der Waals surface area contributed by atoms with Gasteiger partial charge in [0, 0.05) is 23.4 Å². The van der Waals surface area contributed by atoms with Crippen LogP contribution in [-0.2, 0) is 6.54 Å². The van der Waals surface area contributed by atoms with Crippen molar-refractivity contribution in [2.24, 2.45) is 0 Å². The summed E-state index contributed by atoms with van der Waals surface area (Å²) in [6.45, 7) is 2.35. The monoisotopic (exact) mass is 374 g/mol. The number of methoxy groups -OCH3 is 1. The lowest BCUT2D eigenvalue weighted by molar-refractivity contribution is 0.0951. The zero-order valence-electron chi connectivity index (χ0n) is 15.9. The maximum Gasteiger partial charge on any atom is 0.255 e. The number of aryl methyl sites for hydroxylation is 1. The van der Waals surface area contributed by atoms with Gasteiger partial charge >= 0.3 is 0 Å². The van der Waals surface area contributed by atoms with Gasteiger partial charge in [-0.25, -0.2) is 0 Å². The largest absolute Gasteiger partial charge is 0.497 e.